The Hall–Kier alpha value is -1.58. The zero-order valence-corrected chi connectivity index (χ0v) is 11.1. The third kappa shape index (κ3) is 2.75. The molecule has 0 amide bonds. The van der Waals surface area contributed by atoms with Crippen LogP contribution in [0.15, 0.2) is 12.1 Å². The van der Waals surface area contributed by atoms with Crippen molar-refractivity contribution in [1.29, 1.82) is 0 Å². The first-order valence-electron chi connectivity index (χ1n) is 5.74. The van der Waals surface area contributed by atoms with E-state index in [1.54, 1.807) is 19.1 Å². The molecule has 0 unspecified atom stereocenters. The van der Waals surface area contributed by atoms with Gasteiger partial charge in [0.25, 0.3) is 0 Å². The van der Waals surface area contributed by atoms with Gasteiger partial charge in [0, 0.05) is 12.6 Å². The maximum atomic E-state index is 10.9. The molecule has 1 heterocycles. The van der Waals surface area contributed by atoms with Gasteiger partial charge >= 0.3 is 5.97 Å². The number of rotatable bonds is 4. The average molecular weight is 236 g/mol. The van der Waals surface area contributed by atoms with Gasteiger partial charge in [0.1, 0.15) is 5.82 Å². The van der Waals surface area contributed by atoms with Crippen molar-refractivity contribution >= 4 is 11.8 Å². The number of aromatic carboxylic acids is 1. The van der Waals surface area contributed by atoms with Gasteiger partial charge in [-0.1, -0.05) is 6.92 Å². The summed E-state index contributed by atoms with van der Waals surface area (Å²) in [5.41, 5.74) is 0.815. The lowest BCUT2D eigenvalue weighted by molar-refractivity contribution is 0.0695. The second-order valence-electron chi connectivity index (χ2n) is 4.83. The minimum atomic E-state index is -0.932. The number of hydrogen-bond acceptors (Lipinski definition) is 3. The van der Waals surface area contributed by atoms with Gasteiger partial charge in [-0.3, -0.25) is 0 Å². The van der Waals surface area contributed by atoms with E-state index in [-0.39, 0.29) is 11.1 Å². The van der Waals surface area contributed by atoms with Crippen LogP contribution in [0.4, 0.5) is 5.82 Å². The summed E-state index contributed by atoms with van der Waals surface area (Å²) in [6.07, 6.45) is 0.991. The Morgan fingerprint density at radius 2 is 2.06 bits per heavy atom. The predicted octanol–water partition coefficient (Wildman–Crippen LogP) is 2.71. The lowest BCUT2D eigenvalue weighted by Gasteiger charge is -2.36. The molecule has 0 saturated carbocycles. The van der Waals surface area contributed by atoms with E-state index in [0.29, 0.717) is 5.69 Å². The highest BCUT2D eigenvalue weighted by Gasteiger charge is 2.23. The third-order valence-electron chi connectivity index (χ3n) is 3.42. The molecular weight excluding hydrogens is 216 g/mol. The van der Waals surface area contributed by atoms with Crippen LogP contribution in [0.1, 0.15) is 43.2 Å². The van der Waals surface area contributed by atoms with Crippen molar-refractivity contribution in [2.45, 2.75) is 39.7 Å². The van der Waals surface area contributed by atoms with Gasteiger partial charge in [-0.25, -0.2) is 9.78 Å². The number of aromatic nitrogens is 1. The quantitative estimate of drug-likeness (QED) is 0.873. The molecule has 0 aliphatic rings. The van der Waals surface area contributed by atoms with E-state index < -0.39 is 5.97 Å². The van der Waals surface area contributed by atoms with E-state index in [1.165, 1.54) is 0 Å². The second-order valence-corrected chi connectivity index (χ2v) is 4.83. The topological polar surface area (TPSA) is 53.4 Å². The summed E-state index contributed by atoms with van der Waals surface area (Å²) in [6, 6.07) is 3.37. The van der Waals surface area contributed by atoms with Gasteiger partial charge in [0.2, 0.25) is 0 Å². The number of carbonyl (C=O) groups is 1. The maximum absolute atomic E-state index is 10.9. The summed E-state index contributed by atoms with van der Waals surface area (Å²) in [5, 5.41) is 8.95. The first-order valence-corrected chi connectivity index (χ1v) is 5.74. The molecule has 1 aromatic heterocycles. The molecule has 0 aliphatic heterocycles. The highest BCUT2D eigenvalue weighted by atomic mass is 16.4. The summed E-state index contributed by atoms with van der Waals surface area (Å²) in [4.78, 5) is 17.3. The molecule has 0 aliphatic carbocycles. The summed E-state index contributed by atoms with van der Waals surface area (Å²) in [5.74, 6) is -0.127. The Kier molecular flexibility index (Phi) is 3.76. The fourth-order valence-electron chi connectivity index (χ4n) is 1.51. The van der Waals surface area contributed by atoms with E-state index in [4.69, 9.17) is 5.11 Å². The zero-order chi connectivity index (χ0) is 13.2. The standard InChI is InChI=1S/C13H20N2O2/c1-6-13(3,4)15(5)11-8-7-10(12(16)17)9(2)14-11/h7-8H,6H2,1-5H3,(H,16,17). The summed E-state index contributed by atoms with van der Waals surface area (Å²) < 4.78 is 0. The Bertz CT molecular complexity index is 427. The van der Waals surface area contributed by atoms with Crippen molar-refractivity contribution in [3.8, 4) is 0 Å². The number of pyridine rings is 1. The van der Waals surface area contributed by atoms with Gasteiger partial charge in [-0.05, 0) is 39.3 Å². The van der Waals surface area contributed by atoms with Crippen LogP contribution < -0.4 is 4.90 Å². The molecule has 1 N–H and O–H groups in total. The fourth-order valence-corrected chi connectivity index (χ4v) is 1.51. The van der Waals surface area contributed by atoms with E-state index in [1.807, 2.05) is 7.05 Å². The van der Waals surface area contributed by atoms with Gasteiger partial charge in [0.05, 0.1) is 11.3 Å². The molecule has 1 aromatic rings. The van der Waals surface area contributed by atoms with Crippen molar-refractivity contribution < 1.29 is 9.90 Å². The molecule has 0 saturated heterocycles. The highest BCUT2D eigenvalue weighted by Crippen LogP contribution is 2.23. The van der Waals surface area contributed by atoms with Gasteiger partial charge < -0.3 is 10.0 Å². The van der Waals surface area contributed by atoms with Crippen LogP contribution in [0.25, 0.3) is 0 Å². The molecule has 0 fully saturated rings. The number of carboxylic acids is 1. The predicted molar refractivity (Wildman–Crippen MR) is 68.7 cm³/mol. The third-order valence-corrected chi connectivity index (χ3v) is 3.42. The van der Waals surface area contributed by atoms with Crippen LogP contribution in [0.2, 0.25) is 0 Å². The Morgan fingerprint density at radius 1 is 1.47 bits per heavy atom. The average Bonchev–Trinajstić information content (AvgIpc) is 2.27. The molecule has 0 atom stereocenters. The lowest BCUT2D eigenvalue weighted by atomic mass is 10.00. The Morgan fingerprint density at radius 3 is 2.47 bits per heavy atom. The van der Waals surface area contributed by atoms with Crippen LogP contribution >= 0.6 is 0 Å². The summed E-state index contributed by atoms with van der Waals surface area (Å²) >= 11 is 0. The normalized spacial score (nSPS) is 11.4. The SMILES string of the molecule is CCC(C)(C)N(C)c1ccc(C(=O)O)c(C)n1. The number of aryl methyl sites for hydroxylation is 1. The molecule has 4 heteroatoms. The monoisotopic (exact) mass is 236 g/mol. The molecule has 94 valence electrons. The van der Waals surface area contributed by atoms with Crippen LogP contribution in [0.5, 0.6) is 0 Å². The zero-order valence-electron chi connectivity index (χ0n) is 11.1. The van der Waals surface area contributed by atoms with Crippen molar-refractivity contribution in [2.24, 2.45) is 0 Å². The maximum Gasteiger partial charge on any atom is 0.337 e. The van der Waals surface area contributed by atoms with Crippen LogP contribution in [0.3, 0.4) is 0 Å². The van der Waals surface area contributed by atoms with Crippen LogP contribution in [0, 0.1) is 6.92 Å². The van der Waals surface area contributed by atoms with E-state index in [9.17, 15) is 4.79 Å². The summed E-state index contributed by atoms with van der Waals surface area (Å²) in [7, 11) is 1.98. The molecule has 0 spiro atoms. The number of nitrogens with zero attached hydrogens (tertiary/aromatic N) is 2. The van der Waals surface area contributed by atoms with Crippen LogP contribution in [-0.4, -0.2) is 28.6 Å². The lowest BCUT2D eigenvalue weighted by Crippen LogP contribution is -2.41. The number of hydrogen-bond donors (Lipinski definition) is 1. The van der Waals surface area contributed by atoms with E-state index in [2.05, 4.69) is 30.7 Å². The highest BCUT2D eigenvalue weighted by molar-refractivity contribution is 5.89. The Labute approximate surface area is 102 Å². The second kappa shape index (κ2) is 4.73. The van der Waals surface area contributed by atoms with E-state index in [0.717, 1.165) is 12.2 Å². The number of anilines is 1. The first-order chi connectivity index (χ1) is 7.79. The largest absolute Gasteiger partial charge is 0.478 e. The molecule has 0 radical (unpaired) electrons. The molecule has 4 nitrogen and oxygen atoms in total. The smallest absolute Gasteiger partial charge is 0.337 e. The van der Waals surface area contributed by atoms with Crippen molar-refractivity contribution in [3.63, 3.8) is 0 Å². The van der Waals surface area contributed by atoms with Crippen molar-refractivity contribution in [3.05, 3.63) is 23.4 Å². The minimum Gasteiger partial charge on any atom is -0.478 e. The fraction of sp³-hybridized carbons (Fsp3) is 0.538. The van der Waals surface area contributed by atoms with Gasteiger partial charge in [0.15, 0.2) is 0 Å². The van der Waals surface area contributed by atoms with Crippen molar-refractivity contribution in [1.82, 2.24) is 4.98 Å². The molecule has 0 bridgehead atoms. The van der Waals surface area contributed by atoms with Gasteiger partial charge in [-0.2, -0.15) is 0 Å². The molecule has 0 aromatic carbocycles. The first kappa shape index (κ1) is 13.5. The number of carboxylic acid groups (broad SMARTS) is 1. The van der Waals surface area contributed by atoms with Crippen LogP contribution in [-0.2, 0) is 0 Å². The molecule has 17 heavy (non-hydrogen) atoms. The molecular formula is C13H20N2O2. The summed E-state index contributed by atoms with van der Waals surface area (Å²) in [6.45, 7) is 8.11. The van der Waals surface area contributed by atoms with Crippen molar-refractivity contribution in [2.75, 3.05) is 11.9 Å². The molecule has 1 rings (SSSR count). The minimum absolute atomic E-state index is 0.00415. The van der Waals surface area contributed by atoms with Gasteiger partial charge in [-0.15, -0.1) is 0 Å². The Balaban J connectivity index is 3.10. The van der Waals surface area contributed by atoms with E-state index >= 15 is 0 Å².